The molecule has 0 unspecified atom stereocenters. The van der Waals surface area contributed by atoms with Gasteiger partial charge < -0.3 is 18.6 Å². The number of rotatable bonds is 18. The molecule has 2 aliphatic rings. The van der Waals surface area contributed by atoms with Crippen LogP contribution >= 0.6 is 0 Å². The van der Waals surface area contributed by atoms with Gasteiger partial charge in [-0.1, -0.05) is 443 Å². The Labute approximate surface area is 826 Å². The van der Waals surface area contributed by atoms with E-state index >= 15 is 0 Å². The minimum Gasteiger partial charge on any atom is -0.456 e. The first-order valence-corrected chi connectivity index (χ1v) is 48.9. The van der Waals surface area contributed by atoms with E-state index in [1.54, 1.807) is 0 Å². The molecule has 4 heteroatoms. The molecule has 0 radical (unpaired) electrons. The topological polar surface area (TPSA) is 32.8 Å². The van der Waals surface area contributed by atoms with Crippen molar-refractivity contribution >= 4 is 88.8 Å². The summed E-state index contributed by atoms with van der Waals surface area (Å²) in [6, 6.07) is 203. The number of anilines is 6. The van der Waals surface area contributed by atoms with E-state index in [-0.39, 0.29) is 0 Å². The van der Waals surface area contributed by atoms with Gasteiger partial charge in [-0.05, 0) is 282 Å². The van der Waals surface area contributed by atoms with E-state index in [1.165, 1.54) is 139 Å². The third kappa shape index (κ3) is 14.6. The third-order valence-corrected chi connectivity index (χ3v) is 29.3. The lowest BCUT2D eigenvalue weighted by Crippen LogP contribution is -2.28. The van der Waals surface area contributed by atoms with Gasteiger partial charge in [-0.15, -0.1) is 0 Å². The normalized spacial score (nSPS) is 12.5. The molecule has 0 saturated carbocycles. The van der Waals surface area contributed by atoms with Gasteiger partial charge in [-0.2, -0.15) is 0 Å². The van der Waals surface area contributed by atoms with Crippen LogP contribution in [0.2, 0.25) is 0 Å². The molecule has 0 spiro atoms. The molecule has 0 bridgehead atoms. The fourth-order valence-corrected chi connectivity index (χ4v) is 22.7. The molecule has 2 heterocycles. The summed E-state index contributed by atoms with van der Waals surface area (Å²) in [7, 11) is 0. The zero-order chi connectivity index (χ0) is 94.0. The van der Waals surface area contributed by atoms with E-state index < -0.39 is 10.8 Å². The van der Waals surface area contributed by atoms with Gasteiger partial charge in [-0.25, -0.2) is 0 Å². The van der Waals surface area contributed by atoms with Crippen LogP contribution in [-0.2, 0) is 10.8 Å². The smallest absolute Gasteiger partial charge is 0.135 e. The monoisotopic (exact) mass is 1810 g/mol. The number of hydrogen-bond donors (Lipinski definition) is 0. The van der Waals surface area contributed by atoms with Gasteiger partial charge in [-0.3, -0.25) is 0 Å². The molecule has 0 fully saturated rings. The molecule has 2 aliphatic carbocycles. The third-order valence-electron chi connectivity index (χ3n) is 29.3. The average molecular weight is 1810 g/mol. The van der Waals surface area contributed by atoms with Crippen molar-refractivity contribution in [2.24, 2.45) is 0 Å². The maximum atomic E-state index is 6.23. The van der Waals surface area contributed by atoms with Crippen molar-refractivity contribution in [2.45, 2.75) is 10.8 Å². The highest BCUT2D eigenvalue weighted by Crippen LogP contribution is 2.61. The standard InChI is InChI=1S/C71H47NO.C67H45NO/c1-3-18-57(19-4-1)71(58-20-5-2-6-21-58)66-26-11-9-24-64(66)70-62(25-14-27-67(70)71)52-37-42-60(43-38-52)72(61-22-13-17-54(46-61)56-39-44-69-65(47-56)63-23-10-12-28-68(63)73-69)59-40-35-50(36-41-59)49-29-31-51(32-30-49)55-34-33-48-15-7-8-16-53(48)45-55;1-4-17-46(18-5-1)47-33-35-48(36-34-47)49-37-40-55(41-38-49)68(56-25-14-19-50(43-56)51-39-42-65-61(45-51)59-27-11-13-32-64(59)69-65)57-26-15-20-52(44-57)58-29-16-31-63-66(58)60-28-10-12-30-62(60)67(63,53-21-6-2-7-22-53)54-23-8-3-9-24-54/h1-47H;1-45H. The van der Waals surface area contributed by atoms with Crippen molar-refractivity contribution in [3.05, 3.63) is 603 Å². The lowest BCUT2D eigenvalue weighted by atomic mass is 9.67. The highest BCUT2D eigenvalue weighted by atomic mass is 16.3. The molecular weight excluding hydrogens is 1720 g/mol. The largest absolute Gasteiger partial charge is 0.456 e. The minimum absolute atomic E-state index is 0.465. The second-order valence-electron chi connectivity index (χ2n) is 37.2. The Kier molecular flexibility index (Phi) is 21.1. The van der Waals surface area contributed by atoms with Crippen LogP contribution < -0.4 is 9.80 Å². The summed E-state index contributed by atoms with van der Waals surface area (Å²) in [5.74, 6) is 0. The van der Waals surface area contributed by atoms with Crippen LogP contribution in [0.5, 0.6) is 0 Å². The van der Waals surface area contributed by atoms with E-state index in [0.29, 0.717) is 0 Å². The number of fused-ring (bicyclic) bond motifs is 13. The number of para-hydroxylation sites is 2. The molecule has 0 amide bonds. The number of furan rings is 2. The summed E-state index contributed by atoms with van der Waals surface area (Å²) in [5.41, 5.74) is 43.2. The molecule has 27 rings (SSSR count). The Balaban J connectivity index is 0.000000146. The van der Waals surface area contributed by atoms with Crippen LogP contribution in [0.1, 0.15) is 44.5 Å². The van der Waals surface area contributed by atoms with E-state index in [9.17, 15) is 0 Å². The van der Waals surface area contributed by atoms with Crippen LogP contribution in [0, 0.1) is 0 Å². The van der Waals surface area contributed by atoms with E-state index in [2.05, 4.69) is 544 Å². The van der Waals surface area contributed by atoms with Crippen molar-refractivity contribution in [1.29, 1.82) is 0 Å². The highest BCUT2D eigenvalue weighted by Gasteiger charge is 2.49. The maximum absolute atomic E-state index is 6.23. The lowest BCUT2D eigenvalue weighted by Gasteiger charge is -2.34. The van der Waals surface area contributed by atoms with Crippen LogP contribution in [0.25, 0.3) is 166 Å². The van der Waals surface area contributed by atoms with E-state index in [1.807, 2.05) is 24.3 Å². The molecule has 23 aromatic carbocycles. The van der Waals surface area contributed by atoms with Gasteiger partial charge in [0.15, 0.2) is 0 Å². The van der Waals surface area contributed by atoms with Crippen molar-refractivity contribution < 1.29 is 8.83 Å². The predicted molar refractivity (Wildman–Crippen MR) is 592 cm³/mol. The Morgan fingerprint density at radius 1 is 0.141 bits per heavy atom. The summed E-state index contributed by atoms with van der Waals surface area (Å²) in [6.07, 6.45) is 0. The molecule has 2 aromatic heterocycles. The molecule has 4 nitrogen and oxygen atoms in total. The second kappa shape index (κ2) is 35.6. The van der Waals surface area contributed by atoms with Crippen molar-refractivity contribution in [1.82, 2.24) is 0 Å². The fourth-order valence-electron chi connectivity index (χ4n) is 22.7. The maximum Gasteiger partial charge on any atom is 0.135 e. The first kappa shape index (κ1) is 84.1. The van der Waals surface area contributed by atoms with Gasteiger partial charge >= 0.3 is 0 Å². The number of hydrogen-bond acceptors (Lipinski definition) is 4. The molecule has 0 saturated heterocycles. The van der Waals surface area contributed by atoms with E-state index in [0.717, 1.165) is 106 Å². The molecule has 25 aromatic rings. The molecule has 0 aliphatic heterocycles. The SMILES string of the molecule is c1ccc(-c2ccc(-c3ccc(N(c4cccc(-c5ccc6oc7ccccc7c6c5)c4)c4cccc(-c5cccc6c5-c5ccccc5C6(c5ccccc5)c5ccccc5)c4)cc3)cc2)cc1.c1ccc(C2(c3ccccc3)c3ccccc3-c3c(-c4ccc(N(c5ccc(-c6ccc(-c7ccc8ccccc8c7)cc6)cc5)c5cccc(-c6ccc7oc8ccccc8c7c6)c5)cc4)cccc32)cc1. The quantitative estimate of drug-likeness (QED) is 0.0857. The zero-order valence-electron chi connectivity index (χ0n) is 77.8. The van der Waals surface area contributed by atoms with Gasteiger partial charge in [0.1, 0.15) is 22.3 Å². The summed E-state index contributed by atoms with van der Waals surface area (Å²) < 4.78 is 12.5. The molecule has 142 heavy (non-hydrogen) atoms. The van der Waals surface area contributed by atoms with Crippen LogP contribution in [-0.4, -0.2) is 0 Å². The predicted octanol–water partition coefficient (Wildman–Crippen LogP) is 37.3. The van der Waals surface area contributed by atoms with Crippen LogP contribution in [0.15, 0.2) is 567 Å². The van der Waals surface area contributed by atoms with Crippen molar-refractivity contribution in [3.63, 3.8) is 0 Å². The van der Waals surface area contributed by atoms with Gasteiger partial charge in [0.05, 0.1) is 10.8 Å². The van der Waals surface area contributed by atoms with Crippen molar-refractivity contribution in [2.75, 3.05) is 9.80 Å². The fraction of sp³-hybridized carbons (Fsp3) is 0.0145. The Morgan fingerprint density at radius 3 is 0.845 bits per heavy atom. The van der Waals surface area contributed by atoms with Crippen molar-refractivity contribution in [3.8, 4) is 111 Å². The Hall–Kier alpha value is -18.5. The van der Waals surface area contributed by atoms with Crippen LogP contribution in [0.4, 0.5) is 34.1 Å². The molecule has 666 valence electrons. The summed E-state index contributed by atoms with van der Waals surface area (Å²) in [4.78, 5) is 4.78. The molecule has 0 atom stereocenters. The van der Waals surface area contributed by atoms with E-state index in [4.69, 9.17) is 8.83 Å². The summed E-state index contributed by atoms with van der Waals surface area (Å²) in [6.45, 7) is 0. The average Bonchev–Trinajstić information content (AvgIpc) is 1.53. The lowest BCUT2D eigenvalue weighted by molar-refractivity contribution is 0.668. The molecule has 0 N–H and O–H groups in total. The Bertz CT molecular complexity index is 8960. The first-order valence-electron chi connectivity index (χ1n) is 48.9. The number of nitrogens with zero attached hydrogens (tertiary/aromatic N) is 2. The first-order chi connectivity index (χ1) is 70.4. The Morgan fingerprint density at radius 2 is 0.408 bits per heavy atom. The second-order valence-corrected chi connectivity index (χ2v) is 37.2. The van der Waals surface area contributed by atoms with Gasteiger partial charge in [0, 0.05) is 55.7 Å². The van der Waals surface area contributed by atoms with Gasteiger partial charge in [0.25, 0.3) is 0 Å². The summed E-state index contributed by atoms with van der Waals surface area (Å²) in [5, 5.41) is 6.99. The summed E-state index contributed by atoms with van der Waals surface area (Å²) >= 11 is 0. The van der Waals surface area contributed by atoms with Gasteiger partial charge in [0.2, 0.25) is 0 Å². The minimum atomic E-state index is -0.482. The number of benzene rings is 23. The van der Waals surface area contributed by atoms with Crippen LogP contribution in [0.3, 0.4) is 0 Å². The molecular formula is C138H92N2O2. The highest BCUT2D eigenvalue weighted by molar-refractivity contribution is 6.08. The zero-order valence-corrected chi connectivity index (χ0v) is 77.8.